The van der Waals surface area contributed by atoms with Crippen LogP contribution < -0.4 is 10.1 Å². The van der Waals surface area contributed by atoms with E-state index in [9.17, 15) is 19.3 Å². The number of halogens is 1. The third kappa shape index (κ3) is 3.52. The summed E-state index contributed by atoms with van der Waals surface area (Å²) in [5.41, 5.74) is 0.0521. The number of hydrogen-bond acceptors (Lipinski definition) is 6. The van der Waals surface area contributed by atoms with Gasteiger partial charge >= 0.3 is 5.97 Å². The van der Waals surface area contributed by atoms with E-state index in [0.29, 0.717) is 11.4 Å². The van der Waals surface area contributed by atoms with Crippen LogP contribution in [0, 0.1) is 15.9 Å². The molecule has 2 aromatic carbocycles. The van der Waals surface area contributed by atoms with Gasteiger partial charge in [-0.1, -0.05) is 6.07 Å². The number of anilines is 2. The molecular weight excluding hydrogens is 357 g/mol. The molecule has 0 bridgehead atoms. The zero-order valence-electron chi connectivity index (χ0n) is 14.5. The number of non-ortho nitro benzene ring substituents is 1. The number of ether oxygens (including phenoxy) is 2. The molecule has 3 aromatic rings. The van der Waals surface area contributed by atoms with Crippen LogP contribution in [-0.4, -0.2) is 29.6 Å². The van der Waals surface area contributed by atoms with Crippen LogP contribution in [0.25, 0.3) is 10.9 Å². The molecule has 0 aliphatic rings. The van der Waals surface area contributed by atoms with Crippen LogP contribution in [0.2, 0.25) is 0 Å². The van der Waals surface area contributed by atoms with Crippen LogP contribution in [0.5, 0.6) is 5.75 Å². The third-order valence-electron chi connectivity index (χ3n) is 3.88. The van der Waals surface area contributed by atoms with Gasteiger partial charge in [0.25, 0.3) is 5.69 Å². The van der Waals surface area contributed by atoms with Gasteiger partial charge in [-0.25, -0.2) is 9.18 Å². The fourth-order valence-electron chi connectivity index (χ4n) is 2.68. The number of nitrogens with zero attached hydrogens (tertiary/aromatic N) is 1. The first kappa shape index (κ1) is 18.2. The molecule has 1 heterocycles. The van der Waals surface area contributed by atoms with Gasteiger partial charge in [0, 0.05) is 17.1 Å². The Labute approximate surface area is 153 Å². The van der Waals surface area contributed by atoms with Crippen molar-refractivity contribution in [2.24, 2.45) is 0 Å². The van der Waals surface area contributed by atoms with Crippen molar-refractivity contribution in [1.82, 2.24) is 4.98 Å². The van der Waals surface area contributed by atoms with Gasteiger partial charge in [0.05, 0.1) is 30.4 Å². The van der Waals surface area contributed by atoms with Crippen LogP contribution in [-0.2, 0) is 4.74 Å². The molecule has 0 aliphatic carbocycles. The lowest BCUT2D eigenvalue weighted by Crippen LogP contribution is -2.04. The summed E-state index contributed by atoms with van der Waals surface area (Å²) in [7, 11) is 1.50. The van der Waals surface area contributed by atoms with Crippen molar-refractivity contribution in [2.75, 3.05) is 19.0 Å². The first-order valence-corrected chi connectivity index (χ1v) is 8.02. The molecule has 8 nitrogen and oxygen atoms in total. The van der Waals surface area contributed by atoms with Crippen molar-refractivity contribution in [1.29, 1.82) is 0 Å². The minimum absolute atomic E-state index is 0.00403. The maximum Gasteiger partial charge on any atom is 0.354 e. The number of nitrogens with one attached hydrogen (secondary N) is 2. The maximum absolute atomic E-state index is 14.6. The lowest BCUT2D eigenvalue weighted by molar-refractivity contribution is -0.383. The monoisotopic (exact) mass is 373 g/mol. The fourth-order valence-corrected chi connectivity index (χ4v) is 2.68. The number of rotatable bonds is 6. The van der Waals surface area contributed by atoms with Crippen molar-refractivity contribution >= 4 is 33.9 Å². The lowest BCUT2D eigenvalue weighted by Gasteiger charge is -2.10. The van der Waals surface area contributed by atoms with Crippen molar-refractivity contribution in [3.63, 3.8) is 0 Å². The van der Waals surface area contributed by atoms with Crippen LogP contribution in [0.3, 0.4) is 0 Å². The van der Waals surface area contributed by atoms with Crippen LogP contribution in [0.4, 0.5) is 21.5 Å². The fraction of sp³-hybridized carbons (Fsp3) is 0.167. The average Bonchev–Trinajstić information content (AvgIpc) is 3.09. The Bertz CT molecular complexity index is 1030. The van der Waals surface area contributed by atoms with Gasteiger partial charge in [-0.3, -0.25) is 10.1 Å². The van der Waals surface area contributed by atoms with E-state index in [2.05, 4.69) is 10.3 Å². The molecule has 0 atom stereocenters. The minimum atomic E-state index is -0.827. The Morgan fingerprint density at radius 1 is 1.33 bits per heavy atom. The van der Waals surface area contributed by atoms with Crippen molar-refractivity contribution in [2.45, 2.75) is 6.92 Å². The Hall–Kier alpha value is -3.62. The highest BCUT2D eigenvalue weighted by Crippen LogP contribution is 2.36. The maximum atomic E-state index is 14.6. The number of benzene rings is 2. The number of aromatic nitrogens is 1. The van der Waals surface area contributed by atoms with E-state index in [1.165, 1.54) is 13.2 Å². The predicted octanol–water partition coefficient (Wildman–Crippen LogP) is 4.14. The molecule has 27 heavy (non-hydrogen) atoms. The van der Waals surface area contributed by atoms with E-state index in [1.54, 1.807) is 31.2 Å². The molecule has 0 amide bonds. The van der Waals surface area contributed by atoms with Crippen molar-refractivity contribution in [3.8, 4) is 5.75 Å². The number of H-pyrrole nitrogens is 1. The van der Waals surface area contributed by atoms with E-state index < -0.39 is 22.4 Å². The van der Waals surface area contributed by atoms with Gasteiger partial charge in [-0.15, -0.1) is 0 Å². The largest absolute Gasteiger partial charge is 0.497 e. The molecule has 0 radical (unpaired) electrons. The Balaban J connectivity index is 2.16. The van der Waals surface area contributed by atoms with E-state index in [1.807, 2.05) is 0 Å². The summed E-state index contributed by atoms with van der Waals surface area (Å²) in [6, 6.07) is 8.90. The SMILES string of the molecule is CCOC(=O)c1cc2c(Nc3cccc(OC)c3)c(F)cc([N+](=O)[O-])c2[nH]1. The van der Waals surface area contributed by atoms with Gasteiger partial charge < -0.3 is 19.8 Å². The summed E-state index contributed by atoms with van der Waals surface area (Å²) >= 11 is 0. The molecule has 0 aliphatic heterocycles. The topological polar surface area (TPSA) is 106 Å². The lowest BCUT2D eigenvalue weighted by atomic mass is 10.1. The second kappa shape index (κ2) is 7.32. The van der Waals surface area contributed by atoms with E-state index in [-0.39, 0.29) is 28.9 Å². The molecule has 0 saturated heterocycles. The number of esters is 1. The third-order valence-corrected chi connectivity index (χ3v) is 3.88. The molecule has 140 valence electrons. The minimum Gasteiger partial charge on any atom is -0.497 e. The van der Waals surface area contributed by atoms with E-state index >= 15 is 0 Å². The second-order valence-electron chi connectivity index (χ2n) is 5.56. The summed E-state index contributed by atoms with van der Waals surface area (Å²) in [5.74, 6) is -0.956. The normalized spacial score (nSPS) is 10.6. The number of nitro groups is 1. The molecular formula is C18H16FN3O5. The van der Waals surface area contributed by atoms with Gasteiger partial charge in [-0.2, -0.15) is 0 Å². The summed E-state index contributed by atoms with van der Waals surface area (Å²) in [6.45, 7) is 1.78. The molecule has 0 fully saturated rings. The summed E-state index contributed by atoms with van der Waals surface area (Å²) in [4.78, 5) is 25.2. The van der Waals surface area contributed by atoms with Gasteiger partial charge in [-0.05, 0) is 25.1 Å². The Morgan fingerprint density at radius 2 is 2.11 bits per heavy atom. The number of nitro benzene ring substituents is 1. The standard InChI is InChI=1S/C18H16FN3O5/c1-3-27-18(23)14-8-12-16(20-10-5-4-6-11(7-10)26-2)13(19)9-15(22(24)25)17(12)21-14/h4-9,20-21H,3H2,1-2H3. The van der Waals surface area contributed by atoms with Crippen LogP contribution in [0.15, 0.2) is 36.4 Å². The number of methoxy groups -OCH3 is 1. The van der Waals surface area contributed by atoms with Crippen molar-refractivity contribution < 1.29 is 23.6 Å². The highest BCUT2D eigenvalue weighted by Gasteiger charge is 2.24. The zero-order chi connectivity index (χ0) is 19.6. The van der Waals surface area contributed by atoms with Crippen LogP contribution in [0.1, 0.15) is 17.4 Å². The highest BCUT2D eigenvalue weighted by atomic mass is 19.1. The predicted molar refractivity (Wildman–Crippen MR) is 97.1 cm³/mol. The average molecular weight is 373 g/mol. The van der Waals surface area contributed by atoms with Crippen molar-refractivity contribution in [3.05, 3.63) is 58.0 Å². The van der Waals surface area contributed by atoms with E-state index in [4.69, 9.17) is 9.47 Å². The zero-order valence-corrected chi connectivity index (χ0v) is 14.5. The molecule has 0 unspecified atom stereocenters. The Morgan fingerprint density at radius 3 is 2.78 bits per heavy atom. The summed E-state index contributed by atoms with van der Waals surface area (Å²) in [5, 5.41) is 14.3. The number of carbonyl (C=O) groups is 1. The molecule has 0 saturated carbocycles. The second-order valence-corrected chi connectivity index (χ2v) is 5.56. The highest BCUT2D eigenvalue weighted by molar-refractivity contribution is 6.04. The number of fused-ring (bicyclic) bond motifs is 1. The number of carbonyl (C=O) groups excluding carboxylic acids is 1. The quantitative estimate of drug-likeness (QED) is 0.382. The number of aromatic amines is 1. The van der Waals surface area contributed by atoms with Gasteiger partial charge in [0.1, 0.15) is 17.0 Å². The van der Waals surface area contributed by atoms with Crippen LogP contribution >= 0.6 is 0 Å². The molecule has 2 N–H and O–H groups in total. The van der Waals surface area contributed by atoms with E-state index in [0.717, 1.165) is 6.07 Å². The Kier molecular flexibility index (Phi) is 4.93. The molecule has 3 rings (SSSR count). The first-order valence-electron chi connectivity index (χ1n) is 8.02. The smallest absolute Gasteiger partial charge is 0.354 e. The van der Waals surface area contributed by atoms with Gasteiger partial charge in [0.2, 0.25) is 0 Å². The number of hydrogen-bond donors (Lipinski definition) is 2. The first-order chi connectivity index (χ1) is 12.9. The molecule has 1 aromatic heterocycles. The molecule has 9 heteroatoms. The summed E-state index contributed by atoms with van der Waals surface area (Å²) in [6.07, 6.45) is 0. The molecule has 0 spiro atoms. The summed E-state index contributed by atoms with van der Waals surface area (Å²) < 4.78 is 24.7. The van der Waals surface area contributed by atoms with Gasteiger partial charge in [0.15, 0.2) is 5.82 Å².